The van der Waals surface area contributed by atoms with Gasteiger partial charge in [0.25, 0.3) is 0 Å². The van der Waals surface area contributed by atoms with Gasteiger partial charge < -0.3 is 9.47 Å². The lowest BCUT2D eigenvalue weighted by molar-refractivity contribution is 0.146. The third-order valence-corrected chi connectivity index (χ3v) is 3.99. The lowest BCUT2D eigenvalue weighted by Crippen LogP contribution is -2.18. The van der Waals surface area contributed by atoms with Crippen LogP contribution in [0.1, 0.15) is 11.1 Å². The Labute approximate surface area is 123 Å². The molecule has 1 aromatic rings. The second-order valence-corrected chi connectivity index (χ2v) is 5.73. The highest BCUT2D eigenvalue weighted by Crippen LogP contribution is 2.30. The molecule has 2 rings (SSSR count). The molecule has 19 heavy (non-hydrogen) atoms. The smallest absolute Gasteiger partial charge is 0.138 e. The van der Waals surface area contributed by atoms with Crippen LogP contribution in [0.3, 0.4) is 0 Å². The number of thioether (sulfide) groups is 1. The molecule has 0 saturated heterocycles. The molecule has 1 aromatic carbocycles. The van der Waals surface area contributed by atoms with Crippen molar-refractivity contribution in [2.24, 2.45) is 4.99 Å². The van der Waals surface area contributed by atoms with Crippen molar-refractivity contribution >= 4 is 29.6 Å². The zero-order valence-corrected chi connectivity index (χ0v) is 12.8. The number of rotatable bonds is 6. The Morgan fingerprint density at radius 3 is 3.00 bits per heavy atom. The van der Waals surface area contributed by atoms with Gasteiger partial charge in [-0.15, -0.1) is 0 Å². The number of ether oxygens (including phenoxy) is 2. The Morgan fingerprint density at radius 1 is 1.42 bits per heavy atom. The molecule has 0 N–H and O–H groups in total. The molecule has 3 nitrogen and oxygen atoms in total. The average molecular weight is 300 g/mol. The first-order valence-corrected chi connectivity index (χ1v) is 7.98. The normalized spacial score (nSPS) is 17.3. The quantitative estimate of drug-likeness (QED) is 0.756. The van der Waals surface area contributed by atoms with Gasteiger partial charge in [-0.2, -0.15) is 11.8 Å². The SMILES string of the molecule is COCCOc1cc2c(cc1Cl)C=N[C@H](CSC)C2. The van der Waals surface area contributed by atoms with E-state index in [1.807, 2.05) is 30.1 Å². The molecule has 1 aliphatic heterocycles. The highest BCUT2D eigenvalue weighted by atomic mass is 35.5. The Hall–Kier alpha value is -0.710. The highest BCUT2D eigenvalue weighted by molar-refractivity contribution is 7.98. The fourth-order valence-electron chi connectivity index (χ4n) is 2.04. The maximum Gasteiger partial charge on any atom is 0.138 e. The molecule has 5 heteroatoms. The lowest BCUT2D eigenvalue weighted by atomic mass is 9.98. The average Bonchev–Trinajstić information content (AvgIpc) is 2.40. The molecule has 1 aliphatic rings. The van der Waals surface area contributed by atoms with Crippen molar-refractivity contribution in [2.75, 3.05) is 32.3 Å². The van der Waals surface area contributed by atoms with Crippen LogP contribution < -0.4 is 4.74 Å². The van der Waals surface area contributed by atoms with Crippen molar-refractivity contribution in [3.63, 3.8) is 0 Å². The number of fused-ring (bicyclic) bond motifs is 1. The molecule has 0 unspecified atom stereocenters. The van der Waals surface area contributed by atoms with E-state index < -0.39 is 0 Å². The van der Waals surface area contributed by atoms with Crippen molar-refractivity contribution in [3.05, 3.63) is 28.3 Å². The van der Waals surface area contributed by atoms with Gasteiger partial charge in [0.1, 0.15) is 12.4 Å². The summed E-state index contributed by atoms with van der Waals surface area (Å²) in [4.78, 5) is 4.54. The zero-order chi connectivity index (χ0) is 13.7. The molecule has 1 atom stereocenters. The molecule has 0 fully saturated rings. The van der Waals surface area contributed by atoms with E-state index in [1.54, 1.807) is 7.11 Å². The molecule has 0 saturated carbocycles. The number of hydrogen-bond donors (Lipinski definition) is 0. The van der Waals surface area contributed by atoms with E-state index in [-0.39, 0.29) is 0 Å². The van der Waals surface area contributed by atoms with E-state index >= 15 is 0 Å². The summed E-state index contributed by atoms with van der Waals surface area (Å²) in [5.41, 5.74) is 2.35. The summed E-state index contributed by atoms with van der Waals surface area (Å²) in [6, 6.07) is 4.32. The summed E-state index contributed by atoms with van der Waals surface area (Å²) in [7, 11) is 1.65. The van der Waals surface area contributed by atoms with Crippen LogP contribution in [-0.4, -0.2) is 44.6 Å². The largest absolute Gasteiger partial charge is 0.490 e. The van der Waals surface area contributed by atoms with Gasteiger partial charge in [-0.1, -0.05) is 11.6 Å². The van der Waals surface area contributed by atoms with Crippen LogP contribution >= 0.6 is 23.4 Å². The number of methoxy groups -OCH3 is 1. The van der Waals surface area contributed by atoms with E-state index in [0.29, 0.717) is 24.3 Å². The topological polar surface area (TPSA) is 30.8 Å². The summed E-state index contributed by atoms with van der Waals surface area (Å²) in [5, 5.41) is 0.629. The predicted octanol–water partition coefficient (Wildman–Crippen LogP) is 3.07. The second-order valence-electron chi connectivity index (χ2n) is 4.41. The van der Waals surface area contributed by atoms with Gasteiger partial charge >= 0.3 is 0 Å². The molecule has 0 amide bonds. The molecule has 0 radical (unpaired) electrons. The zero-order valence-electron chi connectivity index (χ0n) is 11.2. The fourth-order valence-corrected chi connectivity index (χ4v) is 2.86. The van der Waals surface area contributed by atoms with Crippen LogP contribution in [0.25, 0.3) is 0 Å². The fraction of sp³-hybridized carbons (Fsp3) is 0.500. The number of aliphatic imine (C=N–C) groups is 1. The molecule has 1 heterocycles. The van der Waals surface area contributed by atoms with Crippen LogP contribution in [-0.2, 0) is 11.2 Å². The second kappa shape index (κ2) is 7.17. The van der Waals surface area contributed by atoms with Crippen LogP contribution in [0.4, 0.5) is 0 Å². The minimum Gasteiger partial charge on any atom is -0.490 e. The minimum atomic E-state index is 0.357. The van der Waals surface area contributed by atoms with Gasteiger partial charge in [0.15, 0.2) is 0 Å². The van der Waals surface area contributed by atoms with E-state index in [2.05, 4.69) is 11.2 Å². The lowest BCUT2D eigenvalue weighted by Gasteiger charge is -2.19. The highest BCUT2D eigenvalue weighted by Gasteiger charge is 2.17. The summed E-state index contributed by atoms with van der Waals surface area (Å²) >= 11 is 8.03. The molecular weight excluding hydrogens is 282 g/mol. The van der Waals surface area contributed by atoms with Crippen molar-refractivity contribution in [2.45, 2.75) is 12.5 Å². The first kappa shape index (κ1) is 14.7. The van der Waals surface area contributed by atoms with Gasteiger partial charge in [0.05, 0.1) is 17.7 Å². The van der Waals surface area contributed by atoms with E-state index in [9.17, 15) is 0 Å². The number of benzene rings is 1. The third-order valence-electron chi connectivity index (χ3n) is 2.98. The Bertz CT molecular complexity index is 465. The van der Waals surface area contributed by atoms with Gasteiger partial charge in [-0.3, -0.25) is 4.99 Å². The van der Waals surface area contributed by atoms with Gasteiger partial charge in [0, 0.05) is 19.1 Å². The Kier molecular flexibility index (Phi) is 5.55. The van der Waals surface area contributed by atoms with Crippen LogP contribution in [0.15, 0.2) is 17.1 Å². The summed E-state index contributed by atoms with van der Waals surface area (Å²) < 4.78 is 10.6. The Balaban J connectivity index is 2.13. The minimum absolute atomic E-state index is 0.357. The standard InChI is InChI=1S/C14H18ClNO2S/c1-17-3-4-18-14-7-10-5-12(9-19-2)16-8-11(10)6-13(14)15/h6-8,12H,3-5,9H2,1-2H3/t12-/m0/s1. The third kappa shape index (κ3) is 3.88. The van der Waals surface area contributed by atoms with Crippen LogP contribution in [0.5, 0.6) is 5.75 Å². The summed E-state index contributed by atoms with van der Waals surface area (Å²) in [5.74, 6) is 1.77. The first-order chi connectivity index (χ1) is 9.24. The number of hydrogen-bond acceptors (Lipinski definition) is 4. The van der Waals surface area contributed by atoms with Crippen molar-refractivity contribution < 1.29 is 9.47 Å². The van der Waals surface area contributed by atoms with E-state index in [1.165, 1.54) is 5.56 Å². The number of halogens is 1. The Morgan fingerprint density at radius 2 is 2.26 bits per heavy atom. The molecule has 0 aromatic heterocycles. The summed E-state index contributed by atoms with van der Waals surface area (Å²) in [6.07, 6.45) is 4.97. The molecule has 0 spiro atoms. The van der Waals surface area contributed by atoms with Crippen LogP contribution in [0, 0.1) is 0 Å². The monoisotopic (exact) mass is 299 g/mol. The van der Waals surface area contributed by atoms with Crippen molar-refractivity contribution in [1.29, 1.82) is 0 Å². The van der Waals surface area contributed by atoms with Gasteiger partial charge in [0.2, 0.25) is 0 Å². The molecule has 0 bridgehead atoms. The van der Waals surface area contributed by atoms with Gasteiger partial charge in [-0.25, -0.2) is 0 Å². The van der Waals surface area contributed by atoms with Gasteiger partial charge in [-0.05, 0) is 35.9 Å². The van der Waals surface area contributed by atoms with E-state index in [4.69, 9.17) is 21.1 Å². The van der Waals surface area contributed by atoms with E-state index in [0.717, 1.165) is 23.5 Å². The van der Waals surface area contributed by atoms with Crippen molar-refractivity contribution in [1.82, 2.24) is 0 Å². The summed E-state index contributed by atoms with van der Waals surface area (Å²) in [6.45, 7) is 1.07. The maximum absolute atomic E-state index is 6.21. The van der Waals surface area contributed by atoms with Crippen molar-refractivity contribution in [3.8, 4) is 5.75 Å². The molecule has 0 aliphatic carbocycles. The number of nitrogens with zero attached hydrogens (tertiary/aromatic N) is 1. The first-order valence-electron chi connectivity index (χ1n) is 6.21. The maximum atomic E-state index is 6.21. The molecular formula is C14H18ClNO2S. The predicted molar refractivity (Wildman–Crippen MR) is 82.3 cm³/mol. The molecule has 104 valence electrons. The van der Waals surface area contributed by atoms with Crippen LogP contribution in [0.2, 0.25) is 5.02 Å².